The summed E-state index contributed by atoms with van der Waals surface area (Å²) < 4.78 is 1.71. The Hall–Kier alpha value is -2.41. The van der Waals surface area contributed by atoms with Gasteiger partial charge in [0, 0.05) is 11.9 Å². The second-order valence-electron chi connectivity index (χ2n) is 3.53. The van der Waals surface area contributed by atoms with Gasteiger partial charge in [0.25, 0.3) is 0 Å². The van der Waals surface area contributed by atoms with Crippen LogP contribution < -0.4 is 16.6 Å². The summed E-state index contributed by atoms with van der Waals surface area (Å²) in [6.07, 6.45) is 3.42. The first-order valence-electron chi connectivity index (χ1n) is 5.56. The molecule has 0 unspecified atom stereocenters. The molecule has 4 N–H and O–H groups in total. The van der Waals surface area contributed by atoms with Crippen molar-refractivity contribution in [1.82, 2.24) is 20.4 Å². The molecular weight excluding hydrogens is 230 g/mol. The Kier molecular flexibility index (Phi) is 4.26. The van der Waals surface area contributed by atoms with Crippen LogP contribution in [-0.2, 0) is 6.54 Å². The molecule has 0 amide bonds. The zero-order valence-corrected chi connectivity index (χ0v) is 9.82. The van der Waals surface area contributed by atoms with Crippen LogP contribution in [0.4, 0.5) is 5.69 Å². The number of nitrogens with zero attached hydrogens (tertiary/aromatic N) is 4. The average molecular weight is 245 g/mol. The summed E-state index contributed by atoms with van der Waals surface area (Å²) >= 11 is 0. The summed E-state index contributed by atoms with van der Waals surface area (Å²) in [4.78, 5) is 4.29. The molecule has 0 fully saturated rings. The molecule has 0 aliphatic heterocycles. The Morgan fingerprint density at radius 2 is 2.17 bits per heavy atom. The maximum atomic E-state index is 5.40. The number of nitrogens with two attached hydrogens (primary N) is 1. The molecular formula is C11H15N7. The maximum Gasteiger partial charge on any atom is 0.210 e. The number of nitrogens with one attached hydrogen (secondary N) is 2. The molecule has 0 saturated heterocycles. The third kappa shape index (κ3) is 3.56. The molecule has 1 aromatic heterocycles. The number of anilines is 1. The van der Waals surface area contributed by atoms with Crippen molar-refractivity contribution in [1.29, 1.82) is 0 Å². The lowest BCUT2D eigenvalue weighted by molar-refractivity contribution is 0.598. The molecule has 0 aliphatic rings. The van der Waals surface area contributed by atoms with Crippen LogP contribution >= 0.6 is 0 Å². The lowest BCUT2D eigenvalue weighted by Gasteiger charge is -2.08. The van der Waals surface area contributed by atoms with E-state index in [1.54, 1.807) is 17.1 Å². The monoisotopic (exact) mass is 245 g/mol. The van der Waals surface area contributed by atoms with Crippen LogP contribution in [0.1, 0.15) is 0 Å². The second-order valence-corrected chi connectivity index (χ2v) is 3.53. The van der Waals surface area contributed by atoms with E-state index >= 15 is 0 Å². The molecule has 94 valence electrons. The standard InChI is InChI=1S/C11H15N7/c12-16-11(15-10-4-2-1-3-5-10)13-6-8-18-9-7-14-17-18/h1-5,7,9H,6,8,12H2,(H2,13,15,16). The predicted octanol–water partition coefficient (Wildman–Crippen LogP) is 0.210. The number of aromatic nitrogens is 3. The van der Waals surface area contributed by atoms with Gasteiger partial charge in [-0.2, -0.15) is 0 Å². The molecule has 0 bridgehead atoms. The van der Waals surface area contributed by atoms with Crippen molar-refractivity contribution >= 4 is 11.6 Å². The smallest absolute Gasteiger partial charge is 0.210 e. The first-order chi connectivity index (χ1) is 8.88. The average Bonchev–Trinajstić information content (AvgIpc) is 2.92. The molecule has 2 rings (SSSR count). The molecule has 7 nitrogen and oxygen atoms in total. The molecule has 1 heterocycles. The van der Waals surface area contributed by atoms with E-state index in [1.165, 1.54) is 0 Å². The highest BCUT2D eigenvalue weighted by Crippen LogP contribution is 2.03. The fraction of sp³-hybridized carbons (Fsp3) is 0.182. The van der Waals surface area contributed by atoms with Gasteiger partial charge in [-0.25, -0.2) is 10.8 Å². The third-order valence-electron chi connectivity index (χ3n) is 2.24. The van der Waals surface area contributed by atoms with Crippen molar-refractivity contribution in [3.63, 3.8) is 0 Å². The lowest BCUT2D eigenvalue weighted by Crippen LogP contribution is -2.36. The summed E-state index contributed by atoms with van der Waals surface area (Å²) in [5.74, 6) is 5.92. The SMILES string of the molecule is NNC(=NCCn1ccnn1)Nc1ccccc1. The largest absolute Gasteiger partial charge is 0.325 e. The number of guanidine groups is 1. The van der Waals surface area contributed by atoms with Gasteiger partial charge >= 0.3 is 0 Å². The summed E-state index contributed by atoms with van der Waals surface area (Å²) in [6, 6.07) is 9.69. The predicted molar refractivity (Wildman–Crippen MR) is 69.7 cm³/mol. The molecule has 1 aromatic carbocycles. The summed E-state index contributed by atoms with van der Waals surface area (Å²) in [6.45, 7) is 1.21. The van der Waals surface area contributed by atoms with Gasteiger partial charge in [0.05, 0.1) is 19.3 Å². The van der Waals surface area contributed by atoms with Gasteiger partial charge < -0.3 is 5.32 Å². The quantitative estimate of drug-likeness (QED) is 0.310. The fourth-order valence-corrected chi connectivity index (χ4v) is 1.40. The molecule has 2 aromatic rings. The van der Waals surface area contributed by atoms with Crippen molar-refractivity contribution in [3.05, 3.63) is 42.7 Å². The molecule has 0 aliphatic carbocycles. The van der Waals surface area contributed by atoms with Gasteiger partial charge in [-0.3, -0.25) is 10.1 Å². The van der Waals surface area contributed by atoms with Crippen LogP contribution in [0, 0.1) is 0 Å². The van der Waals surface area contributed by atoms with Gasteiger partial charge in [0.15, 0.2) is 0 Å². The van der Waals surface area contributed by atoms with E-state index in [4.69, 9.17) is 5.84 Å². The number of rotatable bonds is 4. The van der Waals surface area contributed by atoms with Crippen molar-refractivity contribution < 1.29 is 0 Å². The first-order valence-corrected chi connectivity index (χ1v) is 5.56. The van der Waals surface area contributed by atoms with Crippen molar-refractivity contribution in [2.45, 2.75) is 6.54 Å². The van der Waals surface area contributed by atoms with E-state index in [-0.39, 0.29) is 0 Å². The van der Waals surface area contributed by atoms with Gasteiger partial charge in [0.1, 0.15) is 0 Å². The molecule has 0 spiro atoms. The van der Waals surface area contributed by atoms with E-state index in [2.05, 4.69) is 26.0 Å². The van der Waals surface area contributed by atoms with Crippen LogP contribution in [0.15, 0.2) is 47.7 Å². The molecule has 18 heavy (non-hydrogen) atoms. The minimum atomic E-state index is 0.515. The lowest BCUT2D eigenvalue weighted by atomic mass is 10.3. The van der Waals surface area contributed by atoms with Gasteiger partial charge in [-0.15, -0.1) is 5.10 Å². The highest BCUT2D eigenvalue weighted by molar-refractivity contribution is 5.93. The van der Waals surface area contributed by atoms with E-state index in [9.17, 15) is 0 Å². The number of hydrogen-bond donors (Lipinski definition) is 3. The number of hydrogen-bond acceptors (Lipinski definition) is 4. The number of aliphatic imine (C=N–C) groups is 1. The van der Waals surface area contributed by atoms with Gasteiger partial charge in [0.2, 0.25) is 5.96 Å². The Bertz CT molecular complexity index is 477. The van der Waals surface area contributed by atoms with E-state index in [0.29, 0.717) is 19.0 Å². The second kappa shape index (κ2) is 6.36. The van der Waals surface area contributed by atoms with Crippen molar-refractivity contribution in [2.75, 3.05) is 11.9 Å². The van der Waals surface area contributed by atoms with E-state index in [0.717, 1.165) is 5.69 Å². The number of hydrazine groups is 1. The van der Waals surface area contributed by atoms with Crippen LogP contribution in [0.25, 0.3) is 0 Å². The minimum absolute atomic E-state index is 0.515. The molecule has 0 saturated carbocycles. The molecule has 7 heteroatoms. The highest BCUT2D eigenvalue weighted by Gasteiger charge is 1.97. The summed E-state index contributed by atoms with van der Waals surface area (Å²) in [7, 11) is 0. The molecule has 0 radical (unpaired) electrons. The fourth-order valence-electron chi connectivity index (χ4n) is 1.40. The Balaban J connectivity index is 1.88. The van der Waals surface area contributed by atoms with Crippen molar-refractivity contribution in [3.8, 4) is 0 Å². The summed E-state index contributed by atoms with van der Waals surface area (Å²) in [5.41, 5.74) is 3.45. The van der Waals surface area contributed by atoms with Crippen molar-refractivity contribution in [2.24, 2.45) is 10.8 Å². The number of benzene rings is 1. The zero-order chi connectivity index (χ0) is 12.6. The van der Waals surface area contributed by atoms with Crippen LogP contribution in [0.2, 0.25) is 0 Å². The number of para-hydroxylation sites is 1. The summed E-state index contributed by atoms with van der Waals surface area (Å²) in [5, 5.41) is 10.6. The van der Waals surface area contributed by atoms with Gasteiger partial charge in [-0.1, -0.05) is 23.4 Å². The first kappa shape index (κ1) is 12.1. The highest BCUT2D eigenvalue weighted by atomic mass is 15.4. The molecule has 0 atom stereocenters. The topological polar surface area (TPSA) is 93.1 Å². The normalized spacial score (nSPS) is 11.3. The van der Waals surface area contributed by atoms with Gasteiger partial charge in [-0.05, 0) is 12.1 Å². The third-order valence-corrected chi connectivity index (χ3v) is 2.24. The maximum absolute atomic E-state index is 5.40. The van der Waals surface area contributed by atoms with Crippen LogP contribution in [0.3, 0.4) is 0 Å². The van der Waals surface area contributed by atoms with Crippen LogP contribution in [-0.4, -0.2) is 27.5 Å². The van der Waals surface area contributed by atoms with E-state index in [1.807, 2.05) is 30.3 Å². The Morgan fingerprint density at radius 1 is 1.33 bits per heavy atom. The minimum Gasteiger partial charge on any atom is -0.325 e. The zero-order valence-electron chi connectivity index (χ0n) is 9.82. The van der Waals surface area contributed by atoms with Crippen LogP contribution in [0.5, 0.6) is 0 Å². The Labute approximate surface area is 105 Å². The Morgan fingerprint density at radius 3 is 2.83 bits per heavy atom. The van der Waals surface area contributed by atoms with E-state index < -0.39 is 0 Å².